The second-order valence-corrected chi connectivity index (χ2v) is 7.55. The molecule has 0 saturated carbocycles. The van der Waals surface area contributed by atoms with E-state index in [0.717, 1.165) is 29.9 Å². The van der Waals surface area contributed by atoms with Crippen LogP contribution in [-0.4, -0.2) is 29.0 Å². The van der Waals surface area contributed by atoms with Crippen LogP contribution in [0.3, 0.4) is 0 Å². The molecule has 2 aromatic rings. The Hall–Kier alpha value is -2.14. The van der Waals surface area contributed by atoms with Crippen LogP contribution in [0.2, 0.25) is 0 Å². The molecule has 0 aliphatic carbocycles. The summed E-state index contributed by atoms with van der Waals surface area (Å²) in [6.45, 7) is 2.78. The first kappa shape index (κ1) is 16.7. The van der Waals surface area contributed by atoms with Gasteiger partial charge in [-0.3, -0.25) is 9.00 Å². The number of rotatable bonds is 5. The third-order valence-electron chi connectivity index (χ3n) is 4.40. The van der Waals surface area contributed by atoms with Gasteiger partial charge in [-0.25, -0.2) is 0 Å². The Balaban J connectivity index is 1.75. The van der Waals surface area contributed by atoms with Gasteiger partial charge in [0.05, 0.1) is 5.75 Å². The van der Waals surface area contributed by atoms with Crippen LogP contribution in [0.25, 0.3) is 0 Å². The van der Waals surface area contributed by atoms with Crippen molar-refractivity contribution in [2.45, 2.75) is 25.1 Å². The molecule has 1 N–H and O–H groups in total. The smallest absolute Gasteiger partial charge is 0.246 e. The van der Waals surface area contributed by atoms with Gasteiger partial charge in [-0.15, -0.1) is 0 Å². The molecule has 0 fully saturated rings. The van der Waals surface area contributed by atoms with Crippen molar-refractivity contribution in [1.29, 1.82) is 0 Å². The molecule has 24 heavy (non-hydrogen) atoms. The van der Waals surface area contributed by atoms with Crippen molar-refractivity contribution in [3.05, 3.63) is 59.7 Å². The van der Waals surface area contributed by atoms with E-state index in [0.29, 0.717) is 5.75 Å². The van der Waals surface area contributed by atoms with Crippen molar-refractivity contribution in [2.24, 2.45) is 0 Å². The average Bonchev–Trinajstić information content (AvgIpc) is 2.99. The Kier molecular flexibility index (Phi) is 5.00. The lowest BCUT2D eigenvalue weighted by atomic mass is 10.1. The summed E-state index contributed by atoms with van der Waals surface area (Å²) in [5, 5.41) is 3.01. The standard InChI is InChI=1S/C19H22N2O2S/c1-14(21-12-11-15-7-4-6-10-18(15)21)19(22)20-17-9-5-3-8-16(17)13-24(2)23/h3-10,14H,11-13H2,1-2H3,(H,20,22)/t14-,24+/m1/s1. The van der Waals surface area contributed by atoms with Crippen molar-refractivity contribution < 1.29 is 9.00 Å². The van der Waals surface area contributed by atoms with E-state index in [4.69, 9.17) is 0 Å². The Morgan fingerprint density at radius 3 is 2.71 bits per heavy atom. The number of amides is 1. The fourth-order valence-corrected chi connectivity index (χ4v) is 3.82. The van der Waals surface area contributed by atoms with E-state index >= 15 is 0 Å². The second kappa shape index (κ2) is 7.18. The summed E-state index contributed by atoms with van der Waals surface area (Å²) in [6, 6.07) is 15.5. The minimum absolute atomic E-state index is 0.0407. The molecule has 0 radical (unpaired) electrons. The van der Waals surface area contributed by atoms with Gasteiger partial charge in [0.2, 0.25) is 5.91 Å². The number of carbonyl (C=O) groups excluding carboxylic acids is 1. The first-order valence-corrected chi connectivity index (χ1v) is 9.82. The number of anilines is 2. The molecule has 2 aromatic carbocycles. The summed E-state index contributed by atoms with van der Waals surface area (Å²) in [5.41, 5.74) is 4.08. The van der Waals surface area contributed by atoms with Crippen LogP contribution in [0, 0.1) is 0 Å². The predicted molar refractivity (Wildman–Crippen MR) is 99.8 cm³/mol. The van der Waals surface area contributed by atoms with Crippen molar-refractivity contribution in [3.63, 3.8) is 0 Å². The van der Waals surface area contributed by atoms with Gasteiger partial charge >= 0.3 is 0 Å². The largest absolute Gasteiger partial charge is 0.359 e. The lowest BCUT2D eigenvalue weighted by molar-refractivity contribution is -0.117. The lowest BCUT2D eigenvalue weighted by Crippen LogP contribution is -2.41. The van der Waals surface area contributed by atoms with Crippen LogP contribution in [0.5, 0.6) is 0 Å². The zero-order chi connectivity index (χ0) is 17.1. The zero-order valence-electron chi connectivity index (χ0n) is 14.0. The van der Waals surface area contributed by atoms with E-state index in [2.05, 4.69) is 22.3 Å². The number of nitrogens with one attached hydrogen (secondary N) is 1. The van der Waals surface area contributed by atoms with E-state index in [-0.39, 0.29) is 11.9 Å². The van der Waals surface area contributed by atoms with E-state index in [1.165, 1.54) is 5.56 Å². The van der Waals surface area contributed by atoms with Crippen LogP contribution >= 0.6 is 0 Å². The maximum Gasteiger partial charge on any atom is 0.246 e. The molecule has 0 aromatic heterocycles. The number of fused-ring (bicyclic) bond motifs is 1. The Morgan fingerprint density at radius 1 is 1.21 bits per heavy atom. The molecule has 4 nitrogen and oxygen atoms in total. The molecule has 126 valence electrons. The minimum Gasteiger partial charge on any atom is -0.359 e. The fraction of sp³-hybridized carbons (Fsp3) is 0.316. The molecule has 3 rings (SSSR count). The average molecular weight is 342 g/mol. The zero-order valence-corrected chi connectivity index (χ0v) is 14.8. The van der Waals surface area contributed by atoms with Gasteiger partial charge in [0.25, 0.3) is 0 Å². The number of nitrogens with zero attached hydrogens (tertiary/aromatic N) is 1. The van der Waals surface area contributed by atoms with E-state index < -0.39 is 10.8 Å². The highest BCUT2D eigenvalue weighted by Crippen LogP contribution is 2.29. The monoisotopic (exact) mass is 342 g/mol. The number of para-hydroxylation sites is 2. The highest BCUT2D eigenvalue weighted by atomic mass is 32.2. The van der Waals surface area contributed by atoms with Crippen LogP contribution in [0.1, 0.15) is 18.1 Å². The summed E-state index contributed by atoms with van der Waals surface area (Å²) >= 11 is 0. The van der Waals surface area contributed by atoms with E-state index in [1.54, 1.807) is 6.26 Å². The molecule has 0 spiro atoms. The first-order valence-electron chi connectivity index (χ1n) is 8.09. The first-order chi connectivity index (χ1) is 11.6. The summed E-state index contributed by atoms with van der Waals surface area (Å²) in [7, 11) is -0.946. The third-order valence-corrected chi connectivity index (χ3v) is 5.12. The summed E-state index contributed by atoms with van der Waals surface area (Å²) < 4.78 is 11.5. The number of benzene rings is 2. The second-order valence-electron chi connectivity index (χ2n) is 6.11. The molecule has 2 atom stereocenters. The Labute approximate surface area is 145 Å². The van der Waals surface area contributed by atoms with Crippen LogP contribution in [0.4, 0.5) is 11.4 Å². The molecule has 0 bridgehead atoms. The third kappa shape index (κ3) is 3.51. The van der Waals surface area contributed by atoms with Crippen LogP contribution < -0.4 is 10.2 Å². The molecule has 1 amide bonds. The summed E-state index contributed by atoms with van der Waals surface area (Å²) in [6.07, 6.45) is 2.64. The van der Waals surface area contributed by atoms with Gasteiger partial charge in [-0.2, -0.15) is 0 Å². The van der Waals surface area contributed by atoms with Gasteiger partial charge in [-0.1, -0.05) is 36.4 Å². The maximum atomic E-state index is 12.7. The topological polar surface area (TPSA) is 49.4 Å². The van der Waals surface area contributed by atoms with Crippen molar-refractivity contribution in [1.82, 2.24) is 0 Å². The van der Waals surface area contributed by atoms with Gasteiger partial charge < -0.3 is 10.2 Å². The quantitative estimate of drug-likeness (QED) is 0.909. The maximum absolute atomic E-state index is 12.7. The summed E-state index contributed by atoms with van der Waals surface area (Å²) in [5.74, 6) is 0.401. The van der Waals surface area contributed by atoms with Gasteiger partial charge in [-0.05, 0) is 36.6 Å². The van der Waals surface area contributed by atoms with Crippen molar-refractivity contribution in [2.75, 3.05) is 23.0 Å². The van der Waals surface area contributed by atoms with Crippen LogP contribution in [-0.2, 0) is 27.8 Å². The van der Waals surface area contributed by atoms with Gasteiger partial charge in [0.15, 0.2) is 0 Å². The predicted octanol–water partition coefficient (Wildman–Crippen LogP) is 2.95. The SMILES string of the molecule is C[C@H](C(=O)Nc1ccccc1C[S@](C)=O)N1CCc2ccccc21. The van der Waals surface area contributed by atoms with E-state index in [1.807, 2.05) is 43.3 Å². The molecular formula is C19H22N2O2S. The number of hydrogen-bond donors (Lipinski definition) is 1. The molecule has 5 heteroatoms. The fourth-order valence-electron chi connectivity index (χ4n) is 3.13. The molecule has 0 unspecified atom stereocenters. The molecule has 1 aliphatic rings. The Morgan fingerprint density at radius 2 is 1.92 bits per heavy atom. The Bertz CT molecular complexity index is 775. The summed E-state index contributed by atoms with van der Waals surface area (Å²) in [4.78, 5) is 14.9. The van der Waals surface area contributed by atoms with Crippen molar-refractivity contribution in [3.8, 4) is 0 Å². The van der Waals surface area contributed by atoms with Gasteiger partial charge in [0, 0.05) is 35.0 Å². The van der Waals surface area contributed by atoms with E-state index in [9.17, 15) is 9.00 Å². The molecule has 0 saturated heterocycles. The van der Waals surface area contributed by atoms with Crippen molar-refractivity contribution >= 4 is 28.1 Å². The molecular weight excluding hydrogens is 320 g/mol. The van der Waals surface area contributed by atoms with Gasteiger partial charge in [0.1, 0.15) is 6.04 Å². The lowest BCUT2D eigenvalue weighted by Gasteiger charge is -2.26. The number of hydrogen-bond acceptors (Lipinski definition) is 3. The molecule has 1 heterocycles. The molecule has 1 aliphatic heterocycles. The highest BCUT2D eigenvalue weighted by molar-refractivity contribution is 7.83. The normalized spacial score (nSPS) is 15.7. The van der Waals surface area contributed by atoms with Crippen LogP contribution in [0.15, 0.2) is 48.5 Å². The number of carbonyl (C=O) groups is 1. The highest BCUT2D eigenvalue weighted by Gasteiger charge is 2.27. The minimum atomic E-state index is -0.946.